The van der Waals surface area contributed by atoms with Gasteiger partial charge < -0.3 is 116 Å². The lowest BCUT2D eigenvalue weighted by Crippen LogP contribution is -2.69. The van der Waals surface area contributed by atoms with Crippen LogP contribution in [-0.4, -0.2) is 250 Å². The van der Waals surface area contributed by atoms with E-state index in [0.717, 1.165) is 20.8 Å². The third-order valence-corrected chi connectivity index (χ3v) is 10.0. The Labute approximate surface area is 340 Å². The molecule has 0 unspecified atom stereocenters. The summed E-state index contributed by atoms with van der Waals surface area (Å²) in [7, 11) is 0. The summed E-state index contributed by atoms with van der Waals surface area (Å²) in [4.78, 5) is 49.1. The number of hydrogen-bond donors (Lipinski definition) is 17. The summed E-state index contributed by atoms with van der Waals surface area (Å²) in [5, 5.41) is 153. The lowest BCUT2D eigenvalue weighted by atomic mass is 9.88. The van der Waals surface area contributed by atoms with E-state index in [1.165, 1.54) is 0 Å². The Balaban J connectivity index is 1.99. The average molecular weight is 880 g/mol. The normalized spacial score (nSPS) is 37.8. The van der Waals surface area contributed by atoms with E-state index < -0.39 is 185 Å². The first kappa shape index (κ1) is 51.5. The Bertz CT molecular complexity index is 1420. The highest BCUT2D eigenvalue weighted by Crippen LogP contribution is 2.35. The van der Waals surface area contributed by atoms with Crippen LogP contribution >= 0.6 is 0 Å². The third-order valence-electron chi connectivity index (χ3n) is 10.0. The van der Waals surface area contributed by atoms with Gasteiger partial charge in [-0.3, -0.25) is 14.4 Å². The molecule has 0 aromatic rings. The molecule has 0 aliphatic carbocycles. The van der Waals surface area contributed by atoms with Gasteiger partial charge in [-0.05, 0) is 0 Å². The summed E-state index contributed by atoms with van der Waals surface area (Å²) in [6.07, 6.45) is -32.5. The lowest BCUT2D eigenvalue weighted by Gasteiger charge is -2.48. The van der Waals surface area contributed by atoms with Crippen LogP contribution in [0.3, 0.4) is 0 Å². The van der Waals surface area contributed by atoms with Crippen molar-refractivity contribution in [2.75, 3.05) is 33.0 Å². The molecule has 0 radical (unpaired) electrons. The van der Waals surface area contributed by atoms with E-state index in [1.807, 2.05) is 0 Å². The lowest BCUT2D eigenvalue weighted by molar-refractivity contribution is -0.351. The second-order valence-corrected chi connectivity index (χ2v) is 14.6. The van der Waals surface area contributed by atoms with Gasteiger partial charge in [0.15, 0.2) is 12.6 Å². The molecule has 27 heteroatoms. The summed E-state index contributed by atoms with van der Waals surface area (Å²) in [5.41, 5.74) is 0. The maximum atomic E-state index is 12.6. The number of aliphatic hydroxyl groups is 13. The van der Waals surface area contributed by atoms with Gasteiger partial charge in [-0.1, -0.05) is 0 Å². The molecule has 0 bridgehead atoms. The molecule has 3 aliphatic rings. The Morgan fingerprint density at radius 2 is 1.30 bits per heavy atom. The number of carboxylic acids is 1. The molecular weight excluding hydrogens is 822 g/mol. The molecule has 27 nitrogen and oxygen atoms in total. The van der Waals surface area contributed by atoms with Gasteiger partial charge in [0.2, 0.25) is 17.7 Å². The zero-order chi connectivity index (χ0) is 45.4. The topological polar surface area (TPSA) is 443 Å². The molecule has 0 aromatic carbocycles. The molecule has 0 spiro atoms. The quantitative estimate of drug-likeness (QED) is 0.0540. The van der Waals surface area contributed by atoms with E-state index in [2.05, 4.69) is 16.0 Å². The molecule has 3 heterocycles. The van der Waals surface area contributed by atoms with Gasteiger partial charge in [0.25, 0.3) is 5.79 Å². The van der Waals surface area contributed by atoms with Crippen LogP contribution in [0, 0.1) is 0 Å². The number of ether oxygens (including phenoxy) is 6. The zero-order valence-electron chi connectivity index (χ0n) is 32.6. The minimum absolute atomic E-state index is 0.779. The van der Waals surface area contributed by atoms with Crippen molar-refractivity contribution in [3.8, 4) is 0 Å². The number of hydrogen-bond acceptors (Lipinski definition) is 23. The molecule has 0 saturated carbocycles. The van der Waals surface area contributed by atoms with Gasteiger partial charge in [0.1, 0.15) is 85.4 Å². The van der Waals surface area contributed by atoms with E-state index in [0.29, 0.717) is 0 Å². The van der Waals surface area contributed by atoms with Crippen molar-refractivity contribution in [3.05, 3.63) is 0 Å². The highest BCUT2D eigenvalue weighted by Gasteiger charge is 2.57. The second kappa shape index (κ2) is 22.5. The summed E-state index contributed by atoms with van der Waals surface area (Å²) < 4.78 is 33.6. The Morgan fingerprint density at radius 3 is 1.82 bits per heavy atom. The third kappa shape index (κ3) is 12.2. The Hall–Kier alpha value is -2.88. The number of amides is 3. The number of rotatable bonds is 20. The number of aliphatic carboxylic acids is 1. The van der Waals surface area contributed by atoms with Gasteiger partial charge in [-0.15, -0.1) is 0 Å². The van der Waals surface area contributed by atoms with Gasteiger partial charge in [-0.2, -0.15) is 0 Å². The predicted molar refractivity (Wildman–Crippen MR) is 188 cm³/mol. The molecule has 3 fully saturated rings. The first-order valence-corrected chi connectivity index (χ1v) is 18.6. The van der Waals surface area contributed by atoms with Crippen molar-refractivity contribution in [1.82, 2.24) is 16.0 Å². The first-order chi connectivity index (χ1) is 28.1. The number of carboxylic acid groups (broad SMARTS) is 1. The largest absolute Gasteiger partial charge is 0.477 e. The molecule has 348 valence electrons. The second-order valence-electron chi connectivity index (χ2n) is 14.6. The molecule has 20 atom stereocenters. The van der Waals surface area contributed by atoms with Crippen molar-refractivity contribution in [2.45, 2.75) is 149 Å². The van der Waals surface area contributed by atoms with Crippen LogP contribution in [0.5, 0.6) is 0 Å². The van der Waals surface area contributed by atoms with Crippen molar-refractivity contribution in [1.29, 1.82) is 0 Å². The number of aliphatic hydroxyl groups excluding tert-OH is 13. The van der Waals surface area contributed by atoms with E-state index >= 15 is 0 Å². The van der Waals surface area contributed by atoms with E-state index in [4.69, 9.17) is 28.4 Å². The van der Waals surface area contributed by atoms with Crippen LogP contribution in [-0.2, 0) is 47.6 Å². The maximum Gasteiger partial charge on any atom is 0.364 e. The summed E-state index contributed by atoms with van der Waals surface area (Å²) in [5.74, 6) is -7.45. The van der Waals surface area contributed by atoms with Gasteiger partial charge in [-0.25, -0.2) is 4.79 Å². The van der Waals surface area contributed by atoms with Crippen molar-refractivity contribution < 1.29 is 119 Å². The number of carbonyl (C=O) groups excluding carboxylic acids is 3. The summed E-state index contributed by atoms with van der Waals surface area (Å²) >= 11 is 0. The predicted octanol–water partition coefficient (Wildman–Crippen LogP) is -10.5. The monoisotopic (exact) mass is 879 g/mol. The molecule has 17 N–H and O–H groups in total. The van der Waals surface area contributed by atoms with Crippen LogP contribution in [0.4, 0.5) is 0 Å². The molecule has 3 rings (SSSR count). The minimum atomic E-state index is -3.00. The number of nitrogens with one attached hydrogen (secondary N) is 3. The summed E-state index contributed by atoms with van der Waals surface area (Å²) in [6, 6.07) is -5.03. The standard InChI is InChI=1S/C33H57N3O24/c1-10(41)34-13(5-37)27(22(48)16(46)9-55-33(32(53)54)4-14(44)19(35-11(2)42)29(60-33)21(47)15(45)6-38)58-30-20(36-12(3)43)28(24(50)18(8-40)56-30)59-31-26(52)25(51)23(49)17(7-39)57-31/h13-31,37-40,44-52H,4-9H2,1-3H3,(H,34,41)(H,35,42)(H,36,43)(H,53,54)/t13-,14-,15+,16+,17+,18+,19+,20+,21+,22-,23-,24+,25-,26+,27+,28+,29+,30-,31-,33+/m0/s1. The van der Waals surface area contributed by atoms with Crippen LogP contribution in [0.2, 0.25) is 0 Å². The first-order valence-electron chi connectivity index (χ1n) is 18.6. The fourth-order valence-corrected chi connectivity index (χ4v) is 6.94. The van der Waals surface area contributed by atoms with Crippen molar-refractivity contribution in [2.24, 2.45) is 0 Å². The summed E-state index contributed by atoms with van der Waals surface area (Å²) in [6.45, 7) is -2.29. The number of carbonyl (C=O) groups is 4. The van der Waals surface area contributed by atoms with Crippen LogP contribution < -0.4 is 16.0 Å². The molecular formula is C33H57N3O24. The highest BCUT2D eigenvalue weighted by molar-refractivity contribution is 5.76. The van der Waals surface area contributed by atoms with E-state index in [1.54, 1.807) is 0 Å². The minimum Gasteiger partial charge on any atom is -0.477 e. The smallest absolute Gasteiger partial charge is 0.364 e. The Kier molecular flexibility index (Phi) is 19.3. The van der Waals surface area contributed by atoms with Crippen LogP contribution in [0.15, 0.2) is 0 Å². The fourth-order valence-electron chi connectivity index (χ4n) is 6.94. The van der Waals surface area contributed by atoms with Crippen LogP contribution in [0.1, 0.15) is 27.2 Å². The zero-order valence-corrected chi connectivity index (χ0v) is 32.6. The van der Waals surface area contributed by atoms with E-state index in [9.17, 15) is 90.7 Å². The van der Waals surface area contributed by atoms with Crippen LogP contribution in [0.25, 0.3) is 0 Å². The van der Waals surface area contributed by atoms with Crippen molar-refractivity contribution >= 4 is 23.7 Å². The molecule has 3 aliphatic heterocycles. The maximum absolute atomic E-state index is 12.6. The highest BCUT2D eigenvalue weighted by atomic mass is 16.7. The Morgan fingerprint density at radius 1 is 0.733 bits per heavy atom. The molecule has 60 heavy (non-hydrogen) atoms. The van der Waals surface area contributed by atoms with Gasteiger partial charge >= 0.3 is 5.97 Å². The SMILES string of the molecule is CC(=O)N[C@H]1[C@H](O[C@@H]([C@@H](O)[C@H](O)CO[C@]2(C(=O)O)C[C@H](O)[C@@H](NC(C)=O)[C@H]([C@H](O)[C@H](O)CO)O2)[C@H](CO)NC(C)=O)O[C@H](CO)[C@@H](O)[C@@H]1O[C@@H]1O[C@H](CO)[C@H](O)[C@H](O)[C@H]1O. The molecule has 3 saturated heterocycles. The molecule has 0 aromatic heterocycles. The van der Waals surface area contributed by atoms with Gasteiger partial charge in [0.05, 0.1) is 51.2 Å². The van der Waals surface area contributed by atoms with Gasteiger partial charge in [0, 0.05) is 27.2 Å². The molecule has 3 amide bonds. The van der Waals surface area contributed by atoms with E-state index in [-0.39, 0.29) is 0 Å². The average Bonchev–Trinajstić information content (AvgIpc) is 3.19. The van der Waals surface area contributed by atoms with Crippen molar-refractivity contribution in [3.63, 3.8) is 0 Å². The fraction of sp³-hybridized carbons (Fsp3) is 0.879.